The molecule has 0 radical (unpaired) electrons. The van der Waals surface area contributed by atoms with Gasteiger partial charge in [-0.1, -0.05) is 23.2 Å². The number of aromatic nitrogens is 2. The van der Waals surface area contributed by atoms with Gasteiger partial charge in [-0.15, -0.1) is 0 Å². The van der Waals surface area contributed by atoms with Gasteiger partial charge in [-0.2, -0.15) is 5.10 Å². The first kappa shape index (κ1) is 12.9. The van der Waals surface area contributed by atoms with E-state index in [1.807, 2.05) is 6.07 Å². The van der Waals surface area contributed by atoms with E-state index in [4.69, 9.17) is 23.2 Å². The van der Waals surface area contributed by atoms with E-state index in [0.29, 0.717) is 15.6 Å². The zero-order valence-corrected chi connectivity index (χ0v) is 11.1. The summed E-state index contributed by atoms with van der Waals surface area (Å²) >= 11 is 11.7. The molecule has 0 atom stereocenters. The number of carbonyl (C=O) groups is 1. The number of aryl methyl sites for hydroxylation is 1. The predicted octanol–water partition coefficient (Wildman–Crippen LogP) is 3.62. The Labute approximate surface area is 115 Å². The number of ketones is 1. The SMILES string of the molecule is Cn1nccc1/C=C/C(=O)c1ccc(Cl)cc1Cl. The lowest BCUT2D eigenvalue weighted by atomic mass is 10.1. The third kappa shape index (κ3) is 2.81. The molecule has 0 aliphatic carbocycles. The van der Waals surface area contributed by atoms with E-state index in [1.165, 1.54) is 6.08 Å². The van der Waals surface area contributed by atoms with Crippen molar-refractivity contribution in [2.75, 3.05) is 0 Å². The summed E-state index contributed by atoms with van der Waals surface area (Å²) in [4.78, 5) is 11.9. The Balaban J connectivity index is 2.22. The van der Waals surface area contributed by atoms with Crippen molar-refractivity contribution in [1.29, 1.82) is 0 Å². The topological polar surface area (TPSA) is 34.9 Å². The van der Waals surface area contributed by atoms with Gasteiger partial charge in [0.1, 0.15) is 0 Å². The highest BCUT2D eigenvalue weighted by molar-refractivity contribution is 6.37. The van der Waals surface area contributed by atoms with Crippen LogP contribution in [0.4, 0.5) is 0 Å². The second-order valence-corrected chi connectivity index (χ2v) is 4.55. The highest BCUT2D eigenvalue weighted by atomic mass is 35.5. The lowest BCUT2D eigenvalue weighted by molar-refractivity contribution is 0.104. The van der Waals surface area contributed by atoms with Crippen LogP contribution in [0.5, 0.6) is 0 Å². The summed E-state index contributed by atoms with van der Waals surface area (Å²) in [5, 5.41) is 4.86. The Morgan fingerprint density at radius 1 is 1.33 bits per heavy atom. The molecule has 0 aliphatic rings. The first-order chi connectivity index (χ1) is 8.58. The molecule has 92 valence electrons. The summed E-state index contributed by atoms with van der Waals surface area (Å²) < 4.78 is 1.67. The Morgan fingerprint density at radius 2 is 2.11 bits per heavy atom. The molecule has 0 unspecified atom stereocenters. The fraction of sp³-hybridized carbons (Fsp3) is 0.0769. The zero-order valence-electron chi connectivity index (χ0n) is 9.60. The van der Waals surface area contributed by atoms with E-state index in [0.717, 1.165) is 5.69 Å². The molecule has 2 aromatic rings. The molecule has 2 rings (SSSR count). The van der Waals surface area contributed by atoms with Crippen molar-refractivity contribution >= 4 is 35.1 Å². The maximum absolute atomic E-state index is 11.9. The van der Waals surface area contributed by atoms with Crippen molar-refractivity contribution < 1.29 is 4.79 Å². The van der Waals surface area contributed by atoms with Crippen LogP contribution in [-0.2, 0) is 7.05 Å². The third-order valence-corrected chi connectivity index (χ3v) is 3.01. The molecule has 3 nitrogen and oxygen atoms in total. The van der Waals surface area contributed by atoms with Crippen LogP contribution >= 0.6 is 23.2 Å². The molecule has 0 spiro atoms. The van der Waals surface area contributed by atoms with Crippen LogP contribution in [-0.4, -0.2) is 15.6 Å². The number of benzene rings is 1. The van der Waals surface area contributed by atoms with Crippen molar-refractivity contribution in [3.05, 3.63) is 57.8 Å². The summed E-state index contributed by atoms with van der Waals surface area (Å²) in [5.74, 6) is -0.169. The number of hydrogen-bond donors (Lipinski definition) is 0. The first-order valence-corrected chi connectivity index (χ1v) is 5.99. The third-order valence-electron chi connectivity index (χ3n) is 2.46. The number of carbonyl (C=O) groups excluding carboxylic acids is 1. The average Bonchev–Trinajstić information content (AvgIpc) is 2.72. The predicted molar refractivity (Wildman–Crippen MR) is 73.0 cm³/mol. The Bertz CT molecular complexity index is 617. The normalized spacial score (nSPS) is 11.1. The molecular formula is C13H10Cl2N2O. The van der Waals surface area contributed by atoms with Gasteiger partial charge in [0.25, 0.3) is 0 Å². The van der Waals surface area contributed by atoms with Gasteiger partial charge in [0, 0.05) is 23.8 Å². The Morgan fingerprint density at radius 3 is 2.72 bits per heavy atom. The van der Waals surface area contributed by atoms with E-state index in [1.54, 1.807) is 42.2 Å². The molecule has 1 heterocycles. The summed E-state index contributed by atoms with van der Waals surface area (Å²) in [6, 6.07) is 6.61. The van der Waals surface area contributed by atoms with Crippen LogP contribution in [0.25, 0.3) is 6.08 Å². The Kier molecular flexibility index (Phi) is 3.84. The lowest BCUT2D eigenvalue weighted by Gasteiger charge is -2.00. The quantitative estimate of drug-likeness (QED) is 0.636. The number of allylic oxidation sites excluding steroid dienone is 1. The second kappa shape index (κ2) is 5.38. The molecule has 1 aromatic heterocycles. The lowest BCUT2D eigenvalue weighted by Crippen LogP contribution is -1.97. The average molecular weight is 281 g/mol. The van der Waals surface area contributed by atoms with Gasteiger partial charge in [0.05, 0.1) is 10.7 Å². The van der Waals surface area contributed by atoms with Crippen molar-refractivity contribution in [2.45, 2.75) is 0 Å². The molecule has 1 aromatic carbocycles. The van der Waals surface area contributed by atoms with Gasteiger partial charge in [-0.25, -0.2) is 0 Å². The van der Waals surface area contributed by atoms with Crippen molar-refractivity contribution in [2.24, 2.45) is 7.05 Å². The van der Waals surface area contributed by atoms with Gasteiger partial charge in [0.2, 0.25) is 0 Å². The number of hydrogen-bond acceptors (Lipinski definition) is 2. The monoisotopic (exact) mass is 280 g/mol. The largest absolute Gasteiger partial charge is 0.289 e. The maximum Gasteiger partial charge on any atom is 0.187 e. The van der Waals surface area contributed by atoms with Crippen LogP contribution in [0.15, 0.2) is 36.5 Å². The fourth-order valence-corrected chi connectivity index (χ4v) is 1.99. The molecule has 0 bridgehead atoms. The molecule has 0 fully saturated rings. The minimum absolute atomic E-state index is 0.169. The number of nitrogens with zero attached hydrogens (tertiary/aromatic N) is 2. The molecule has 18 heavy (non-hydrogen) atoms. The number of halogens is 2. The standard InChI is InChI=1S/C13H10Cl2N2O/c1-17-10(6-7-16-17)3-5-13(18)11-4-2-9(14)8-12(11)15/h2-8H,1H3/b5-3+. The molecule has 5 heteroatoms. The van der Waals surface area contributed by atoms with Gasteiger partial charge < -0.3 is 0 Å². The molecule has 0 aliphatic heterocycles. The fourth-order valence-electron chi connectivity index (χ4n) is 1.49. The summed E-state index contributed by atoms with van der Waals surface area (Å²) in [6.45, 7) is 0. The molecule has 0 amide bonds. The highest BCUT2D eigenvalue weighted by Gasteiger charge is 2.07. The van der Waals surface area contributed by atoms with Crippen LogP contribution < -0.4 is 0 Å². The maximum atomic E-state index is 11.9. The molecular weight excluding hydrogens is 271 g/mol. The minimum Gasteiger partial charge on any atom is -0.289 e. The van der Waals surface area contributed by atoms with Crippen LogP contribution in [0.1, 0.15) is 16.1 Å². The van der Waals surface area contributed by atoms with Gasteiger partial charge in [-0.3, -0.25) is 9.48 Å². The number of rotatable bonds is 3. The van der Waals surface area contributed by atoms with E-state index >= 15 is 0 Å². The highest BCUT2D eigenvalue weighted by Crippen LogP contribution is 2.21. The Hall–Kier alpha value is -1.58. The van der Waals surface area contributed by atoms with Crippen molar-refractivity contribution in [1.82, 2.24) is 9.78 Å². The van der Waals surface area contributed by atoms with Crippen LogP contribution in [0, 0.1) is 0 Å². The second-order valence-electron chi connectivity index (χ2n) is 3.70. The van der Waals surface area contributed by atoms with Crippen molar-refractivity contribution in [3.63, 3.8) is 0 Å². The summed E-state index contributed by atoms with van der Waals surface area (Å²) in [5.41, 5.74) is 1.27. The molecule has 0 saturated heterocycles. The van der Waals surface area contributed by atoms with Crippen molar-refractivity contribution in [3.8, 4) is 0 Å². The van der Waals surface area contributed by atoms with Gasteiger partial charge in [0.15, 0.2) is 5.78 Å². The van der Waals surface area contributed by atoms with E-state index in [2.05, 4.69) is 5.10 Å². The van der Waals surface area contributed by atoms with E-state index < -0.39 is 0 Å². The smallest absolute Gasteiger partial charge is 0.187 e. The summed E-state index contributed by atoms with van der Waals surface area (Å²) in [7, 11) is 1.80. The van der Waals surface area contributed by atoms with Gasteiger partial charge >= 0.3 is 0 Å². The zero-order chi connectivity index (χ0) is 13.1. The summed E-state index contributed by atoms with van der Waals surface area (Å²) in [6.07, 6.45) is 4.83. The minimum atomic E-state index is -0.169. The van der Waals surface area contributed by atoms with Crippen LogP contribution in [0.3, 0.4) is 0 Å². The molecule has 0 N–H and O–H groups in total. The van der Waals surface area contributed by atoms with Gasteiger partial charge in [-0.05, 0) is 36.4 Å². The van der Waals surface area contributed by atoms with E-state index in [-0.39, 0.29) is 5.78 Å². The first-order valence-electron chi connectivity index (χ1n) is 5.23. The molecule has 0 saturated carbocycles. The van der Waals surface area contributed by atoms with E-state index in [9.17, 15) is 4.79 Å². The van der Waals surface area contributed by atoms with Crippen LogP contribution in [0.2, 0.25) is 10.0 Å².